The number of benzene rings is 1. The molecule has 1 aromatic carbocycles. The van der Waals surface area contributed by atoms with Gasteiger partial charge in [0.15, 0.2) is 0 Å². The molecule has 1 aliphatic rings. The summed E-state index contributed by atoms with van der Waals surface area (Å²) in [6.45, 7) is 8.14. The molecule has 0 bridgehead atoms. The van der Waals surface area contributed by atoms with Gasteiger partial charge in [-0.1, -0.05) is 12.1 Å². The van der Waals surface area contributed by atoms with Crippen LogP contribution in [0.5, 0.6) is 0 Å². The van der Waals surface area contributed by atoms with E-state index in [1.165, 1.54) is 0 Å². The first-order valence-corrected chi connectivity index (χ1v) is 6.61. The molecule has 18 heavy (non-hydrogen) atoms. The zero-order chi connectivity index (χ0) is 13.2. The van der Waals surface area contributed by atoms with Gasteiger partial charge in [-0.3, -0.25) is 4.79 Å². The average Bonchev–Trinajstić information content (AvgIpc) is 2.33. The largest absolute Gasteiger partial charge is 0.347 e. The first kappa shape index (κ1) is 13.1. The molecule has 1 aliphatic heterocycles. The molecule has 1 heterocycles. The van der Waals surface area contributed by atoms with E-state index in [1.54, 1.807) is 0 Å². The Morgan fingerprint density at radius 1 is 1.28 bits per heavy atom. The van der Waals surface area contributed by atoms with Gasteiger partial charge < -0.3 is 10.6 Å². The van der Waals surface area contributed by atoms with Gasteiger partial charge in [0.05, 0.1) is 0 Å². The van der Waals surface area contributed by atoms with Crippen LogP contribution in [0.3, 0.4) is 0 Å². The summed E-state index contributed by atoms with van der Waals surface area (Å²) in [6, 6.07) is 5.89. The fourth-order valence-corrected chi connectivity index (χ4v) is 2.44. The van der Waals surface area contributed by atoms with Crippen LogP contribution < -0.4 is 10.6 Å². The van der Waals surface area contributed by atoms with Crippen molar-refractivity contribution in [3.63, 3.8) is 0 Å². The maximum absolute atomic E-state index is 12.4. The van der Waals surface area contributed by atoms with Crippen LogP contribution in [-0.4, -0.2) is 24.5 Å². The van der Waals surface area contributed by atoms with E-state index in [0.717, 1.165) is 42.6 Å². The minimum Gasteiger partial charge on any atom is -0.347 e. The second-order valence-corrected chi connectivity index (χ2v) is 5.51. The summed E-state index contributed by atoms with van der Waals surface area (Å²) in [5, 5.41) is 6.52. The third-order valence-corrected chi connectivity index (χ3v) is 3.97. The highest BCUT2D eigenvalue weighted by Crippen LogP contribution is 2.19. The Hall–Kier alpha value is -1.35. The molecule has 1 amide bonds. The Kier molecular flexibility index (Phi) is 3.71. The van der Waals surface area contributed by atoms with E-state index in [1.807, 2.05) is 32.0 Å². The third kappa shape index (κ3) is 2.72. The molecule has 1 saturated heterocycles. The maximum atomic E-state index is 12.4. The van der Waals surface area contributed by atoms with Gasteiger partial charge in [0.2, 0.25) is 0 Å². The fraction of sp³-hybridized carbons (Fsp3) is 0.533. The van der Waals surface area contributed by atoms with Gasteiger partial charge in [0.1, 0.15) is 0 Å². The molecule has 0 spiro atoms. The van der Waals surface area contributed by atoms with E-state index >= 15 is 0 Å². The Balaban J connectivity index is 2.14. The number of aryl methyl sites for hydroxylation is 1. The van der Waals surface area contributed by atoms with Crippen LogP contribution >= 0.6 is 0 Å². The summed E-state index contributed by atoms with van der Waals surface area (Å²) in [5.41, 5.74) is 2.97. The first-order chi connectivity index (χ1) is 8.52. The van der Waals surface area contributed by atoms with Crippen molar-refractivity contribution < 1.29 is 4.79 Å². The Bertz CT molecular complexity index is 448. The van der Waals surface area contributed by atoms with Gasteiger partial charge in [0, 0.05) is 11.1 Å². The lowest BCUT2D eigenvalue weighted by Crippen LogP contribution is -2.52. The van der Waals surface area contributed by atoms with E-state index in [2.05, 4.69) is 17.6 Å². The van der Waals surface area contributed by atoms with Crippen LogP contribution in [0.1, 0.15) is 41.3 Å². The van der Waals surface area contributed by atoms with Crippen LogP contribution in [0.2, 0.25) is 0 Å². The number of carbonyl (C=O) groups excluding carboxylic acids is 1. The zero-order valence-electron chi connectivity index (χ0n) is 11.5. The second-order valence-electron chi connectivity index (χ2n) is 5.51. The highest BCUT2D eigenvalue weighted by Gasteiger charge is 2.28. The minimum absolute atomic E-state index is 0.0561. The summed E-state index contributed by atoms with van der Waals surface area (Å²) in [6.07, 6.45) is 1.98. The number of piperidine rings is 1. The van der Waals surface area contributed by atoms with Crippen molar-refractivity contribution in [2.75, 3.05) is 13.1 Å². The maximum Gasteiger partial charge on any atom is 0.251 e. The fourth-order valence-electron chi connectivity index (χ4n) is 2.44. The average molecular weight is 246 g/mol. The second kappa shape index (κ2) is 5.11. The van der Waals surface area contributed by atoms with Crippen molar-refractivity contribution in [3.8, 4) is 0 Å². The lowest BCUT2D eigenvalue weighted by atomic mass is 9.90. The molecule has 98 valence electrons. The van der Waals surface area contributed by atoms with E-state index in [0.29, 0.717) is 0 Å². The number of hydrogen-bond donors (Lipinski definition) is 2. The van der Waals surface area contributed by atoms with Crippen molar-refractivity contribution in [1.82, 2.24) is 10.6 Å². The van der Waals surface area contributed by atoms with Crippen LogP contribution in [0.4, 0.5) is 0 Å². The van der Waals surface area contributed by atoms with Crippen LogP contribution in [0.25, 0.3) is 0 Å². The monoisotopic (exact) mass is 246 g/mol. The van der Waals surface area contributed by atoms with Gasteiger partial charge in [-0.2, -0.15) is 0 Å². The summed E-state index contributed by atoms with van der Waals surface area (Å²) in [4.78, 5) is 12.4. The van der Waals surface area contributed by atoms with E-state index in [-0.39, 0.29) is 11.4 Å². The number of carbonyl (C=O) groups is 1. The molecule has 0 aromatic heterocycles. The molecule has 3 heteroatoms. The highest BCUT2D eigenvalue weighted by molar-refractivity contribution is 5.96. The van der Waals surface area contributed by atoms with Crippen molar-refractivity contribution in [1.29, 1.82) is 0 Å². The molecule has 0 aliphatic carbocycles. The predicted molar refractivity (Wildman–Crippen MR) is 73.9 cm³/mol. The van der Waals surface area contributed by atoms with Crippen molar-refractivity contribution in [2.24, 2.45) is 0 Å². The number of rotatable bonds is 2. The standard InChI is InChI=1S/C15H22N2O/c1-11-5-4-6-13(12(11)2)14(18)17-15(3)7-9-16-10-8-15/h4-6,16H,7-10H2,1-3H3,(H,17,18). The summed E-state index contributed by atoms with van der Waals surface area (Å²) >= 11 is 0. The molecule has 3 nitrogen and oxygen atoms in total. The van der Waals surface area contributed by atoms with Crippen LogP contribution in [0.15, 0.2) is 18.2 Å². The van der Waals surface area contributed by atoms with Gasteiger partial charge in [-0.25, -0.2) is 0 Å². The minimum atomic E-state index is -0.0709. The normalized spacial score (nSPS) is 18.4. The van der Waals surface area contributed by atoms with Crippen molar-refractivity contribution in [3.05, 3.63) is 34.9 Å². The van der Waals surface area contributed by atoms with E-state index in [4.69, 9.17) is 0 Å². The third-order valence-electron chi connectivity index (χ3n) is 3.97. The van der Waals surface area contributed by atoms with Crippen molar-refractivity contribution in [2.45, 2.75) is 39.2 Å². The van der Waals surface area contributed by atoms with Crippen LogP contribution in [-0.2, 0) is 0 Å². The summed E-state index contributed by atoms with van der Waals surface area (Å²) < 4.78 is 0. The van der Waals surface area contributed by atoms with Gasteiger partial charge in [-0.05, 0) is 63.9 Å². The smallest absolute Gasteiger partial charge is 0.251 e. The molecule has 2 N–H and O–H groups in total. The quantitative estimate of drug-likeness (QED) is 0.839. The summed E-state index contributed by atoms with van der Waals surface area (Å²) in [5.74, 6) is 0.0561. The van der Waals surface area contributed by atoms with E-state index in [9.17, 15) is 4.79 Å². The molecule has 0 unspecified atom stereocenters. The van der Waals surface area contributed by atoms with Gasteiger partial charge in [-0.15, -0.1) is 0 Å². The SMILES string of the molecule is Cc1cccc(C(=O)NC2(C)CCNCC2)c1C. The topological polar surface area (TPSA) is 41.1 Å². The lowest BCUT2D eigenvalue weighted by molar-refractivity contribution is 0.0887. The molecule has 2 rings (SSSR count). The molecular weight excluding hydrogens is 224 g/mol. The molecule has 0 radical (unpaired) electrons. The predicted octanol–water partition coefficient (Wildman–Crippen LogP) is 2.18. The lowest BCUT2D eigenvalue weighted by Gasteiger charge is -2.35. The molecular formula is C15H22N2O. The summed E-state index contributed by atoms with van der Waals surface area (Å²) in [7, 11) is 0. The van der Waals surface area contributed by atoms with Crippen LogP contribution in [0, 0.1) is 13.8 Å². The Morgan fingerprint density at radius 2 is 1.94 bits per heavy atom. The van der Waals surface area contributed by atoms with Crippen molar-refractivity contribution >= 4 is 5.91 Å². The van der Waals surface area contributed by atoms with E-state index < -0.39 is 0 Å². The Labute approximate surface area is 109 Å². The van der Waals surface area contributed by atoms with Gasteiger partial charge in [0.25, 0.3) is 5.91 Å². The number of amides is 1. The molecule has 0 saturated carbocycles. The Morgan fingerprint density at radius 3 is 2.61 bits per heavy atom. The molecule has 1 fully saturated rings. The molecule has 0 atom stereocenters. The van der Waals surface area contributed by atoms with Gasteiger partial charge >= 0.3 is 0 Å². The zero-order valence-corrected chi connectivity index (χ0v) is 11.5. The highest BCUT2D eigenvalue weighted by atomic mass is 16.1. The number of hydrogen-bond acceptors (Lipinski definition) is 2. The first-order valence-electron chi connectivity index (χ1n) is 6.61. The number of nitrogens with one attached hydrogen (secondary N) is 2. The molecule has 1 aromatic rings.